The third-order valence-electron chi connectivity index (χ3n) is 2.55. The van der Waals surface area contributed by atoms with Crippen molar-refractivity contribution >= 4 is 21.7 Å². The van der Waals surface area contributed by atoms with E-state index in [0.717, 1.165) is 22.8 Å². The van der Waals surface area contributed by atoms with Gasteiger partial charge < -0.3 is 5.32 Å². The lowest BCUT2D eigenvalue weighted by Gasteiger charge is -2.09. The van der Waals surface area contributed by atoms with Gasteiger partial charge in [-0.3, -0.25) is 0 Å². The van der Waals surface area contributed by atoms with Gasteiger partial charge in [-0.05, 0) is 21.5 Å². The molecule has 0 radical (unpaired) electrons. The van der Waals surface area contributed by atoms with Crippen molar-refractivity contribution in [3.8, 4) is 0 Å². The summed E-state index contributed by atoms with van der Waals surface area (Å²) in [5.41, 5.74) is 1.23. The molecule has 3 nitrogen and oxygen atoms in total. The van der Waals surface area contributed by atoms with Gasteiger partial charge in [-0.25, -0.2) is 9.97 Å². The summed E-state index contributed by atoms with van der Waals surface area (Å²) in [6, 6.07) is 12.2. The zero-order valence-corrected chi connectivity index (χ0v) is 12.1. The van der Waals surface area contributed by atoms with Crippen molar-refractivity contribution in [2.24, 2.45) is 0 Å². The summed E-state index contributed by atoms with van der Waals surface area (Å²) in [5.74, 6) is 2.02. The van der Waals surface area contributed by atoms with Crippen LogP contribution in [0.15, 0.2) is 41.0 Å². The van der Waals surface area contributed by atoms with E-state index in [1.165, 1.54) is 5.56 Å². The molecule has 2 aromatic rings. The number of hydrogen-bond acceptors (Lipinski definition) is 3. The zero-order valence-electron chi connectivity index (χ0n) is 10.5. The standard InChI is InChI=1S/C14H16BrN3/c1-10(2)14-17-12(15)8-13(18-14)16-9-11-6-4-3-5-7-11/h3-8,10H,9H2,1-2H3,(H,16,17,18). The maximum Gasteiger partial charge on any atom is 0.134 e. The first kappa shape index (κ1) is 13.0. The number of anilines is 1. The Hall–Kier alpha value is -1.42. The van der Waals surface area contributed by atoms with Gasteiger partial charge in [0.05, 0.1) is 0 Å². The molecule has 0 bridgehead atoms. The minimum Gasteiger partial charge on any atom is -0.366 e. The summed E-state index contributed by atoms with van der Waals surface area (Å²) in [4.78, 5) is 8.85. The van der Waals surface area contributed by atoms with Gasteiger partial charge in [0.25, 0.3) is 0 Å². The molecule has 1 heterocycles. The zero-order chi connectivity index (χ0) is 13.0. The Morgan fingerprint density at radius 3 is 2.56 bits per heavy atom. The van der Waals surface area contributed by atoms with Gasteiger partial charge in [0.2, 0.25) is 0 Å². The maximum absolute atomic E-state index is 4.50. The number of hydrogen-bond donors (Lipinski definition) is 1. The van der Waals surface area contributed by atoms with Gasteiger partial charge in [-0.1, -0.05) is 44.2 Å². The summed E-state index contributed by atoms with van der Waals surface area (Å²) in [6.07, 6.45) is 0. The van der Waals surface area contributed by atoms with Crippen molar-refractivity contribution < 1.29 is 0 Å². The number of halogens is 1. The van der Waals surface area contributed by atoms with Crippen LogP contribution in [0.3, 0.4) is 0 Å². The molecule has 0 aliphatic heterocycles. The monoisotopic (exact) mass is 305 g/mol. The van der Waals surface area contributed by atoms with Gasteiger partial charge in [0.15, 0.2) is 0 Å². The van der Waals surface area contributed by atoms with Gasteiger partial charge in [-0.2, -0.15) is 0 Å². The van der Waals surface area contributed by atoms with Crippen molar-refractivity contribution in [3.05, 3.63) is 52.4 Å². The van der Waals surface area contributed by atoms with Gasteiger partial charge in [0.1, 0.15) is 16.2 Å². The number of nitrogens with one attached hydrogen (secondary N) is 1. The molecule has 0 aliphatic rings. The Labute approximate surface area is 116 Å². The van der Waals surface area contributed by atoms with Crippen molar-refractivity contribution in [3.63, 3.8) is 0 Å². The lowest BCUT2D eigenvalue weighted by Crippen LogP contribution is -2.05. The molecule has 0 spiro atoms. The second-order valence-corrected chi connectivity index (χ2v) is 5.24. The number of rotatable bonds is 4. The van der Waals surface area contributed by atoms with Gasteiger partial charge in [-0.15, -0.1) is 0 Å². The average molecular weight is 306 g/mol. The van der Waals surface area contributed by atoms with E-state index in [-0.39, 0.29) is 0 Å². The lowest BCUT2D eigenvalue weighted by atomic mass is 10.2. The van der Waals surface area contributed by atoms with Crippen molar-refractivity contribution in [1.82, 2.24) is 9.97 Å². The molecule has 0 aliphatic carbocycles. The van der Waals surface area contributed by atoms with Crippen molar-refractivity contribution in [2.45, 2.75) is 26.3 Å². The summed E-state index contributed by atoms with van der Waals surface area (Å²) in [5, 5.41) is 3.32. The van der Waals surface area contributed by atoms with Crippen LogP contribution in [0.2, 0.25) is 0 Å². The summed E-state index contributed by atoms with van der Waals surface area (Å²) >= 11 is 3.42. The molecule has 94 valence electrons. The molecule has 1 aromatic heterocycles. The van der Waals surface area contributed by atoms with Crippen LogP contribution in [0, 0.1) is 0 Å². The van der Waals surface area contributed by atoms with E-state index < -0.39 is 0 Å². The quantitative estimate of drug-likeness (QED) is 0.868. The highest BCUT2D eigenvalue weighted by Gasteiger charge is 2.06. The largest absolute Gasteiger partial charge is 0.366 e. The fraction of sp³-hybridized carbons (Fsp3) is 0.286. The highest BCUT2D eigenvalue weighted by Crippen LogP contribution is 2.17. The molecule has 0 saturated heterocycles. The molecule has 0 amide bonds. The minimum absolute atomic E-state index is 0.319. The van der Waals surface area contributed by atoms with Gasteiger partial charge >= 0.3 is 0 Å². The summed E-state index contributed by atoms with van der Waals surface area (Å²) in [7, 11) is 0. The molecule has 0 atom stereocenters. The van der Waals surface area contributed by atoms with E-state index in [1.54, 1.807) is 0 Å². The fourth-order valence-electron chi connectivity index (χ4n) is 1.57. The van der Waals surface area contributed by atoms with Crippen LogP contribution in [0.5, 0.6) is 0 Å². The third kappa shape index (κ3) is 3.53. The number of nitrogens with zero attached hydrogens (tertiary/aromatic N) is 2. The summed E-state index contributed by atoms with van der Waals surface area (Å²) in [6.45, 7) is 4.94. The molecule has 1 aromatic carbocycles. The van der Waals surface area contributed by atoms with Crippen LogP contribution in [-0.2, 0) is 6.54 Å². The summed E-state index contributed by atoms with van der Waals surface area (Å²) < 4.78 is 0.816. The van der Waals surface area contributed by atoms with Crippen LogP contribution < -0.4 is 5.32 Å². The van der Waals surface area contributed by atoms with Crippen LogP contribution in [0.1, 0.15) is 31.2 Å². The highest BCUT2D eigenvalue weighted by molar-refractivity contribution is 9.10. The molecule has 18 heavy (non-hydrogen) atoms. The second kappa shape index (κ2) is 5.96. The topological polar surface area (TPSA) is 37.8 Å². The van der Waals surface area contributed by atoms with E-state index in [9.17, 15) is 0 Å². The molecular formula is C14H16BrN3. The third-order valence-corrected chi connectivity index (χ3v) is 2.95. The molecule has 1 N–H and O–H groups in total. The SMILES string of the molecule is CC(C)c1nc(Br)cc(NCc2ccccc2)n1. The van der Waals surface area contributed by atoms with Crippen LogP contribution in [0.4, 0.5) is 5.82 Å². The fourth-order valence-corrected chi connectivity index (χ4v) is 1.97. The maximum atomic E-state index is 4.50. The molecule has 2 rings (SSSR count). The Morgan fingerprint density at radius 1 is 1.17 bits per heavy atom. The van der Waals surface area contributed by atoms with Crippen LogP contribution in [0.25, 0.3) is 0 Å². The van der Waals surface area contributed by atoms with E-state index in [1.807, 2.05) is 24.3 Å². The second-order valence-electron chi connectivity index (χ2n) is 4.43. The molecule has 0 unspecified atom stereocenters. The Morgan fingerprint density at radius 2 is 1.89 bits per heavy atom. The Kier molecular flexibility index (Phi) is 4.31. The van der Waals surface area contributed by atoms with Gasteiger partial charge in [0, 0.05) is 18.5 Å². The Balaban J connectivity index is 2.10. The first-order chi connectivity index (χ1) is 8.65. The van der Waals surface area contributed by atoms with Crippen molar-refractivity contribution in [1.29, 1.82) is 0 Å². The Bertz CT molecular complexity index is 512. The average Bonchev–Trinajstić information content (AvgIpc) is 2.37. The van der Waals surface area contributed by atoms with E-state index >= 15 is 0 Å². The first-order valence-corrected chi connectivity index (χ1v) is 6.76. The highest BCUT2D eigenvalue weighted by atomic mass is 79.9. The van der Waals surface area contributed by atoms with Crippen molar-refractivity contribution in [2.75, 3.05) is 5.32 Å². The predicted octanol–water partition coefficient (Wildman–Crippen LogP) is 3.97. The van der Waals surface area contributed by atoms with Crippen LogP contribution >= 0.6 is 15.9 Å². The lowest BCUT2D eigenvalue weighted by molar-refractivity contribution is 0.769. The molecule has 4 heteroatoms. The number of benzene rings is 1. The number of aromatic nitrogens is 2. The normalized spacial score (nSPS) is 10.7. The van der Waals surface area contributed by atoms with E-state index in [2.05, 4.69) is 57.2 Å². The van der Waals surface area contributed by atoms with E-state index in [4.69, 9.17) is 0 Å². The van der Waals surface area contributed by atoms with E-state index in [0.29, 0.717) is 5.92 Å². The van der Waals surface area contributed by atoms with Crippen LogP contribution in [-0.4, -0.2) is 9.97 Å². The molecule has 0 fully saturated rings. The minimum atomic E-state index is 0.319. The smallest absolute Gasteiger partial charge is 0.134 e. The molecular weight excluding hydrogens is 290 g/mol. The first-order valence-electron chi connectivity index (χ1n) is 5.97. The molecule has 0 saturated carbocycles. The predicted molar refractivity (Wildman–Crippen MR) is 77.6 cm³/mol.